The molecule has 1 saturated heterocycles. The Bertz CT molecular complexity index is 759. The van der Waals surface area contributed by atoms with E-state index in [-0.39, 0.29) is 5.75 Å². The number of rotatable bonds is 3. The van der Waals surface area contributed by atoms with Crippen molar-refractivity contribution in [2.75, 3.05) is 18.4 Å². The molecule has 1 aliphatic heterocycles. The highest BCUT2D eigenvalue weighted by Gasteiger charge is 2.25. The number of fused-ring (bicyclic) bond motifs is 1. The van der Waals surface area contributed by atoms with Crippen LogP contribution in [0, 0.1) is 5.82 Å². The Hall–Kier alpha value is -2.21. The highest BCUT2D eigenvalue weighted by Crippen LogP contribution is 2.37. The van der Waals surface area contributed by atoms with Gasteiger partial charge in [0.1, 0.15) is 17.3 Å². The summed E-state index contributed by atoms with van der Waals surface area (Å²) in [5, 5.41) is 25.7. The quantitative estimate of drug-likeness (QED) is 0.808. The Morgan fingerprint density at radius 1 is 1.17 bits per heavy atom. The number of anilines is 1. The van der Waals surface area contributed by atoms with E-state index >= 15 is 0 Å². The summed E-state index contributed by atoms with van der Waals surface area (Å²) in [4.78, 5) is 0. The van der Waals surface area contributed by atoms with Gasteiger partial charge in [0.2, 0.25) is 0 Å². The van der Waals surface area contributed by atoms with E-state index in [9.17, 15) is 9.50 Å². The first-order valence-electron chi connectivity index (χ1n) is 8.57. The van der Waals surface area contributed by atoms with Gasteiger partial charge in [0.15, 0.2) is 5.82 Å². The first-order valence-corrected chi connectivity index (χ1v) is 8.57. The molecule has 2 aliphatic rings. The fourth-order valence-electron chi connectivity index (χ4n) is 3.69. The molecule has 5 nitrogen and oxygen atoms in total. The molecular weight excluding hydrogens is 307 g/mol. The molecule has 0 unspecified atom stereocenters. The number of nitrogens with one attached hydrogen (secondary N) is 2. The third kappa shape index (κ3) is 2.82. The van der Waals surface area contributed by atoms with Gasteiger partial charge in [-0.25, -0.2) is 4.39 Å². The van der Waals surface area contributed by atoms with Crippen molar-refractivity contribution in [1.82, 2.24) is 15.5 Å². The Labute approximate surface area is 140 Å². The molecule has 1 aromatic heterocycles. The maximum absolute atomic E-state index is 13.2. The van der Waals surface area contributed by atoms with Crippen molar-refractivity contribution in [3.63, 3.8) is 0 Å². The number of aromatic nitrogens is 2. The molecule has 0 radical (unpaired) electrons. The molecule has 0 bridgehead atoms. The fraction of sp³-hybridized carbons (Fsp3) is 0.444. The monoisotopic (exact) mass is 328 g/mol. The molecule has 0 saturated carbocycles. The van der Waals surface area contributed by atoms with Crippen LogP contribution in [0.25, 0.3) is 11.3 Å². The van der Waals surface area contributed by atoms with Gasteiger partial charge in [-0.2, -0.15) is 0 Å². The molecule has 1 aliphatic carbocycles. The first kappa shape index (κ1) is 15.3. The topological polar surface area (TPSA) is 70.1 Å². The van der Waals surface area contributed by atoms with Crippen LogP contribution >= 0.6 is 0 Å². The van der Waals surface area contributed by atoms with E-state index in [4.69, 9.17) is 0 Å². The summed E-state index contributed by atoms with van der Waals surface area (Å²) >= 11 is 0. The maximum Gasteiger partial charge on any atom is 0.152 e. The number of benzene rings is 1. The molecule has 24 heavy (non-hydrogen) atoms. The van der Waals surface area contributed by atoms with Crippen molar-refractivity contribution in [3.05, 3.63) is 35.1 Å². The third-order valence-electron chi connectivity index (χ3n) is 4.89. The fourth-order valence-corrected chi connectivity index (χ4v) is 3.69. The zero-order valence-electron chi connectivity index (χ0n) is 13.5. The molecule has 2 heterocycles. The highest BCUT2D eigenvalue weighted by molar-refractivity contribution is 5.73. The lowest BCUT2D eigenvalue weighted by molar-refractivity contribution is 0.470. The number of hydrogen-bond donors (Lipinski definition) is 3. The zero-order chi connectivity index (χ0) is 16.5. The average molecular weight is 328 g/mol. The Morgan fingerprint density at radius 2 is 2.04 bits per heavy atom. The molecule has 0 amide bonds. The minimum atomic E-state index is -0.455. The van der Waals surface area contributed by atoms with Gasteiger partial charge in [-0.3, -0.25) is 0 Å². The van der Waals surface area contributed by atoms with E-state index in [1.54, 1.807) is 6.07 Å². The van der Waals surface area contributed by atoms with Crippen LogP contribution in [0.4, 0.5) is 10.2 Å². The van der Waals surface area contributed by atoms with Crippen LogP contribution in [0.5, 0.6) is 5.75 Å². The van der Waals surface area contributed by atoms with Crippen LogP contribution in [-0.4, -0.2) is 34.4 Å². The Kier molecular flexibility index (Phi) is 4.06. The number of phenols is 1. The molecule has 1 aromatic carbocycles. The van der Waals surface area contributed by atoms with Gasteiger partial charge in [0.25, 0.3) is 0 Å². The lowest BCUT2D eigenvalue weighted by Crippen LogP contribution is -2.38. The van der Waals surface area contributed by atoms with E-state index in [0.29, 0.717) is 17.3 Å². The summed E-state index contributed by atoms with van der Waals surface area (Å²) in [6.07, 6.45) is 5.21. The summed E-state index contributed by atoms with van der Waals surface area (Å²) in [5.41, 5.74) is 3.53. The molecule has 4 rings (SSSR count). The van der Waals surface area contributed by atoms with E-state index in [0.717, 1.165) is 62.6 Å². The Balaban J connectivity index is 1.69. The van der Waals surface area contributed by atoms with Gasteiger partial charge in [0, 0.05) is 29.8 Å². The number of aromatic hydroxyl groups is 1. The van der Waals surface area contributed by atoms with Crippen molar-refractivity contribution in [1.29, 1.82) is 0 Å². The van der Waals surface area contributed by atoms with Crippen LogP contribution in [0.3, 0.4) is 0 Å². The van der Waals surface area contributed by atoms with Gasteiger partial charge in [0.05, 0.1) is 0 Å². The number of nitrogens with zero attached hydrogens (tertiary/aromatic N) is 2. The molecule has 2 aromatic rings. The smallest absolute Gasteiger partial charge is 0.152 e. The predicted molar refractivity (Wildman–Crippen MR) is 90.6 cm³/mol. The van der Waals surface area contributed by atoms with Crippen LogP contribution in [0.15, 0.2) is 18.2 Å². The van der Waals surface area contributed by atoms with Crippen molar-refractivity contribution < 1.29 is 9.50 Å². The summed E-state index contributed by atoms with van der Waals surface area (Å²) in [5.74, 6) is 0.320. The van der Waals surface area contributed by atoms with Gasteiger partial charge in [-0.05, 0) is 56.3 Å². The van der Waals surface area contributed by atoms with Gasteiger partial charge in [-0.15, -0.1) is 10.2 Å². The number of halogens is 1. The first-order chi connectivity index (χ1) is 11.7. The molecule has 126 valence electrons. The van der Waals surface area contributed by atoms with Gasteiger partial charge in [-0.1, -0.05) is 0 Å². The predicted octanol–water partition coefficient (Wildman–Crippen LogP) is 2.64. The average Bonchev–Trinajstić information content (AvgIpc) is 3.07. The van der Waals surface area contributed by atoms with Gasteiger partial charge < -0.3 is 15.7 Å². The van der Waals surface area contributed by atoms with Crippen molar-refractivity contribution in [2.24, 2.45) is 0 Å². The number of hydrogen-bond acceptors (Lipinski definition) is 5. The van der Waals surface area contributed by atoms with E-state index in [2.05, 4.69) is 20.8 Å². The Morgan fingerprint density at radius 3 is 2.83 bits per heavy atom. The lowest BCUT2D eigenvalue weighted by Gasteiger charge is -2.25. The highest BCUT2D eigenvalue weighted by atomic mass is 19.1. The summed E-state index contributed by atoms with van der Waals surface area (Å²) in [7, 11) is 0. The maximum atomic E-state index is 13.2. The molecule has 1 fully saturated rings. The van der Waals surface area contributed by atoms with Crippen molar-refractivity contribution >= 4 is 5.82 Å². The minimum Gasteiger partial charge on any atom is -0.507 e. The van der Waals surface area contributed by atoms with Crippen LogP contribution < -0.4 is 10.6 Å². The SMILES string of the molecule is Oc1cc(F)ccc1-c1nnc(N[C@@H]2CCCNC2)c2c1CCC2. The largest absolute Gasteiger partial charge is 0.507 e. The molecular formula is C18H21FN4O. The summed E-state index contributed by atoms with van der Waals surface area (Å²) in [6.45, 7) is 2.02. The summed E-state index contributed by atoms with van der Waals surface area (Å²) in [6, 6.07) is 4.42. The van der Waals surface area contributed by atoms with Crippen LogP contribution in [-0.2, 0) is 12.8 Å². The van der Waals surface area contributed by atoms with E-state index in [1.165, 1.54) is 11.6 Å². The summed E-state index contributed by atoms with van der Waals surface area (Å²) < 4.78 is 13.2. The van der Waals surface area contributed by atoms with E-state index in [1.807, 2.05) is 0 Å². The van der Waals surface area contributed by atoms with Crippen LogP contribution in [0.1, 0.15) is 30.4 Å². The minimum absolute atomic E-state index is 0.0874. The second-order valence-corrected chi connectivity index (χ2v) is 6.56. The van der Waals surface area contributed by atoms with Gasteiger partial charge >= 0.3 is 0 Å². The molecule has 1 atom stereocenters. The lowest BCUT2D eigenvalue weighted by atomic mass is 10.0. The molecule has 3 N–H and O–H groups in total. The normalized spacial score (nSPS) is 20.0. The molecule has 0 spiro atoms. The zero-order valence-corrected chi connectivity index (χ0v) is 13.5. The van der Waals surface area contributed by atoms with Crippen molar-refractivity contribution in [3.8, 4) is 17.0 Å². The van der Waals surface area contributed by atoms with E-state index < -0.39 is 5.82 Å². The molecule has 6 heteroatoms. The standard InChI is InChI=1S/C18H21FN4O/c19-11-6-7-15(16(24)9-11)17-13-4-1-5-14(13)18(23-22-17)21-12-3-2-8-20-10-12/h6-7,9,12,20,24H,1-5,8,10H2,(H,21,23)/t12-/m1/s1. The number of piperidine rings is 1. The number of phenolic OH excluding ortho intramolecular Hbond substituents is 1. The van der Waals surface area contributed by atoms with Crippen LogP contribution in [0.2, 0.25) is 0 Å². The van der Waals surface area contributed by atoms with Crippen molar-refractivity contribution in [2.45, 2.75) is 38.1 Å². The second-order valence-electron chi connectivity index (χ2n) is 6.56. The third-order valence-corrected chi connectivity index (χ3v) is 4.89. The second kappa shape index (κ2) is 6.36.